The highest BCUT2D eigenvalue weighted by Crippen LogP contribution is 2.30. The number of thioether (sulfide) groups is 1. The second-order valence-electron chi connectivity index (χ2n) is 9.47. The summed E-state index contributed by atoms with van der Waals surface area (Å²) in [5.41, 5.74) is -0.358. The molecule has 3 amide bonds. The first-order valence-corrected chi connectivity index (χ1v) is 13.8. The summed E-state index contributed by atoms with van der Waals surface area (Å²) in [5, 5.41) is 16.2. The fourth-order valence-corrected chi connectivity index (χ4v) is 3.96. The van der Waals surface area contributed by atoms with Crippen LogP contribution in [-0.2, 0) is 14.3 Å². The quantitative estimate of drug-likeness (QED) is 0.316. The van der Waals surface area contributed by atoms with E-state index in [-0.39, 0.29) is 17.6 Å². The maximum atomic E-state index is 13.9. The molecule has 0 aliphatic heterocycles. The van der Waals surface area contributed by atoms with Crippen LogP contribution in [0.3, 0.4) is 0 Å². The Labute approximate surface area is 214 Å². The molecule has 0 radical (unpaired) electrons. The number of phenols is 1. The van der Waals surface area contributed by atoms with Crippen molar-refractivity contribution in [2.24, 2.45) is 0 Å². The number of aromatic hydroxyl groups is 1. The average molecular weight is 510 g/mol. The monoisotopic (exact) mass is 509 g/mol. The molecule has 0 fully saturated rings. The first-order valence-electron chi connectivity index (χ1n) is 12.4. The lowest BCUT2D eigenvalue weighted by Gasteiger charge is -2.34. The van der Waals surface area contributed by atoms with Gasteiger partial charge in [-0.1, -0.05) is 44.9 Å². The molecule has 35 heavy (non-hydrogen) atoms. The Morgan fingerprint density at radius 3 is 2.34 bits per heavy atom. The van der Waals surface area contributed by atoms with Gasteiger partial charge in [0.2, 0.25) is 11.8 Å². The summed E-state index contributed by atoms with van der Waals surface area (Å²) in [4.78, 5) is 41.3. The Morgan fingerprint density at radius 1 is 1.11 bits per heavy atom. The number of nitrogens with one attached hydrogen (secondary N) is 2. The van der Waals surface area contributed by atoms with Gasteiger partial charge in [-0.05, 0) is 58.1 Å². The molecule has 0 saturated carbocycles. The third kappa shape index (κ3) is 10.8. The number of nitrogens with zero attached hydrogens (tertiary/aromatic N) is 1. The smallest absolute Gasteiger partial charge is 0.408 e. The third-order valence-corrected chi connectivity index (χ3v) is 5.90. The van der Waals surface area contributed by atoms with E-state index in [4.69, 9.17) is 4.74 Å². The maximum absolute atomic E-state index is 13.9. The van der Waals surface area contributed by atoms with Crippen LogP contribution >= 0.6 is 11.8 Å². The minimum atomic E-state index is -1.02. The van der Waals surface area contributed by atoms with Gasteiger partial charge in [0.05, 0.1) is 0 Å². The number of ether oxygens (including phenoxy) is 1. The van der Waals surface area contributed by atoms with Crippen molar-refractivity contribution in [3.8, 4) is 5.75 Å². The van der Waals surface area contributed by atoms with Crippen LogP contribution in [-0.4, -0.2) is 64.7 Å². The van der Waals surface area contributed by atoms with E-state index in [9.17, 15) is 19.5 Å². The van der Waals surface area contributed by atoms with Crippen molar-refractivity contribution in [2.75, 3.05) is 25.1 Å². The van der Waals surface area contributed by atoms with E-state index >= 15 is 0 Å². The number of carbonyl (C=O) groups excluding carboxylic acids is 3. The van der Waals surface area contributed by atoms with Gasteiger partial charge in [0, 0.05) is 18.7 Å². The topological polar surface area (TPSA) is 108 Å². The van der Waals surface area contributed by atoms with Gasteiger partial charge in [0.25, 0.3) is 0 Å². The predicted octanol–water partition coefficient (Wildman–Crippen LogP) is 4.62. The highest BCUT2D eigenvalue weighted by Gasteiger charge is 2.36. The summed E-state index contributed by atoms with van der Waals surface area (Å²) in [7, 11) is 0. The summed E-state index contributed by atoms with van der Waals surface area (Å²) in [6.45, 7) is 10.1. The van der Waals surface area contributed by atoms with E-state index in [0.29, 0.717) is 37.2 Å². The number of amides is 3. The van der Waals surface area contributed by atoms with Crippen LogP contribution in [0, 0.1) is 0 Å². The maximum Gasteiger partial charge on any atom is 0.408 e. The van der Waals surface area contributed by atoms with E-state index in [2.05, 4.69) is 10.6 Å². The molecule has 198 valence electrons. The molecule has 1 aromatic carbocycles. The Kier molecular flexibility index (Phi) is 13.6. The summed E-state index contributed by atoms with van der Waals surface area (Å²) in [6, 6.07) is 4.68. The SMILES string of the molecule is CCCCNC(=O)C(c1ccccc1O)N(CCCC)C(=O)C(CCSC)NC(=O)OC(C)(C)C. The number of para-hydroxylation sites is 1. The van der Waals surface area contributed by atoms with E-state index in [1.165, 1.54) is 11.0 Å². The van der Waals surface area contributed by atoms with Crippen LogP contribution in [0.4, 0.5) is 4.79 Å². The molecule has 0 aliphatic carbocycles. The highest BCUT2D eigenvalue weighted by molar-refractivity contribution is 7.98. The normalized spacial score (nSPS) is 13.0. The molecule has 0 heterocycles. The zero-order valence-electron chi connectivity index (χ0n) is 22.1. The molecule has 0 saturated heterocycles. The standard InChI is InChI=1S/C26H43N3O5S/c1-7-9-16-27-23(31)22(19-13-11-12-14-21(19)30)29(17-10-8-2)24(32)20(15-18-35-6)28-25(33)34-26(3,4)5/h11-14,20,22,30H,7-10,15-18H2,1-6H3,(H,27,31)(H,28,33). The van der Waals surface area contributed by atoms with Crippen molar-refractivity contribution in [2.45, 2.75) is 84.4 Å². The van der Waals surface area contributed by atoms with Crippen LogP contribution in [0.2, 0.25) is 0 Å². The van der Waals surface area contributed by atoms with Crippen LogP contribution in [0.5, 0.6) is 5.75 Å². The average Bonchev–Trinajstić information content (AvgIpc) is 2.78. The van der Waals surface area contributed by atoms with E-state index in [1.54, 1.807) is 50.7 Å². The van der Waals surface area contributed by atoms with Crippen molar-refractivity contribution >= 4 is 29.7 Å². The van der Waals surface area contributed by atoms with E-state index < -0.39 is 23.8 Å². The van der Waals surface area contributed by atoms with Crippen molar-refractivity contribution in [3.63, 3.8) is 0 Å². The number of rotatable bonds is 14. The summed E-state index contributed by atoms with van der Waals surface area (Å²) >= 11 is 1.56. The Hall–Kier alpha value is -2.42. The Bertz CT molecular complexity index is 812. The van der Waals surface area contributed by atoms with Crippen molar-refractivity contribution in [1.82, 2.24) is 15.5 Å². The van der Waals surface area contributed by atoms with Gasteiger partial charge in [0.15, 0.2) is 0 Å². The highest BCUT2D eigenvalue weighted by atomic mass is 32.2. The minimum absolute atomic E-state index is 0.0572. The first kappa shape index (κ1) is 30.6. The molecule has 0 aromatic heterocycles. The number of hydrogen-bond donors (Lipinski definition) is 3. The van der Waals surface area contributed by atoms with E-state index in [0.717, 1.165) is 19.3 Å². The number of alkyl carbamates (subject to hydrolysis) is 1. The predicted molar refractivity (Wildman–Crippen MR) is 142 cm³/mol. The molecular formula is C26H43N3O5S. The summed E-state index contributed by atoms with van der Waals surface area (Å²) < 4.78 is 5.39. The Balaban J connectivity index is 3.39. The first-order chi connectivity index (χ1) is 16.6. The number of unbranched alkanes of at least 4 members (excludes halogenated alkanes) is 2. The third-order valence-electron chi connectivity index (χ3n) is 5.26. The lowest BCUT2D eigenvalue weighted by molar-refractivity contribution is -0.142. The molecule has 3 N–H and O–H groups in total. The lowest BCUT2D eigenvalue weighted by atomic mass is 10.0. The van der Waals surface area contributed by atoms with Gasteiger partial charge in [-0.3, -0.25) is 9.59 Å². The molecule has 8 nitrogen and oxygen atoms in total. The van der Waals surface area contributed by atoms with Crippen LogP contribution < -0.4 is 10.6 Å². The van der Waals surface area contributed by atoms with Crippen LogP contribution in [0.25, 0.3) is 0 Å². The van der Waals surface area contributed by atoms with Gasteiger partial charge in [0.1, 0.15) is 23.4 Å². The largest absolute Gasteiger partial charge is 0.508 e. The second-order valence-corrected chi connectivity index (χ2v) is 10.5. The summed E-state index contributed by atoms with van der Waals surface area (Å²) in [6.07, 6.45) is 4.82. The number of carbonyl (C=O) groups is 3. The van der Waals surface area contributed by atoms with E-state index in [1.807, 2.05) is 20.1 Å². The molecule has 1 rings (SSSR count). The van der Waals surface area contributed by atoms with Crippen molar-refractivity contribution in [3.05, 3.63) is 29.8 Å². The molecule has 0 spiro atoms. The van der Waals surface area contributed by atoms with Crippen LogP contribution in [0.1, 0.15) is 78.3 Å². The minimum Gasteiger partial charge on any atom is -0.508 e. The molecular weight excluding hydrogens is 466 g/mol. The van der Waals surface area contributed by atoms with Gasteiger partial charge >= 0.3 is 6.09 Å². The zero-order valence-corrected chi connectivity index (χ0v) is 22.9. The number of phenolic OH excluding ortho intramolecular Hbond substituents is 1. The molecule has 1 aromatic rings. The van der Waals surface area contributed by atoms with Gasteiger partial charge < -0.3 is 25.4 Å². The Morgan fingerprint density at radius 2 is 1.77 bits per heavy atom. The van der Waals surface area contributed by atoms with Crippen LogP contribution in [0.15, 0.2) is 24.3 Å². The second kappa shape index (κ2) is 15.5. The fraction of sp³-hybridized carbons (Fsp3) is 0.654. The van der Waals surface area contributed by atoms with Crippen molar-refractivity contribution < 1.29 is 24.2 Å². The molecule has 9 heteroatoms. The zero-order chi connectivity index (χ0) is 26.4. The lowest BCUT2D eigenvalue weighted by Crippen LogP contribution is -2.53. The number of benzene rings is 1. The van der Waals surface area contributed by atoms with Gasteiger partial charge in [-0.2, -0.15) is 11.8 Å². The molecule has 2 unspecified atom stereocenters. The molecule has 2 atom stereocenters. The van der Waals surface area contributed by atoms with Crippen molar-refractivity contribution in [1.29, 1.82) is 0 Å². The molecule has 0 bridgehead atoms. The van der Waals surface area contributed by atoms with Gasteiger partial charge in [-0.15, -0.1) is 0 Å². The summed E-state index contributed by atoms with van der Waals surface area (Å²) in [5.74, 6) is -0.154. The fourth-order valence-electron chi connectivity index (χ4n) is 3.49. The van der Waals surface area contributed by atoms with Gasteiger partial charge in [-0.25, -0.2) is 4.79 Å². The number of hydrogen-bond acceptors (Lipinski definition) is 6. The molecule has 0 aliphatic rings.